The average molecular weight is 239 g/mol. The molecular weight excluding hydrogens is 214 g/mol. The van der Waals surface area contributed by atoms with Crippen molar-refractivity contribution < 1.29 is 0 Å². The molecule has 5 heteroatoms. The highest BCUT2D eigenvalue weighted by Crippen LogP contribution is 2.26. The Morgan fingerprint density at radius 3 is 2.41 bits per heavy atom. The van der Waals surface area contributed by atoms with Gasteiger partial charge in [0.1, 0.15) is 0 Å². The molecule has 0 fully saturated rings. The van der Waals surface area contributed by atoms with Crippen LogP contribution >= 0.6 is 0 Å². The molecule has 0 aromatic carbocycles. The standard InChI is InChI=1S/C12H25N5/c1-9(2)13-7-11-14-15-16-17(11)8-10(3)12(4,5)6/h9-10,13H,7-8H2,1-6H3. The molecule has 0 bridgehead atoms. The lowest BCUT2D eigenvalue weighted by atomic mass is 9.82. The van der Waals surface area contributed by atoms with Crippen LogP contribution in [0, 0.1) is 11.3 Å². The zero-order valence-electron chi connectivity index (χ0n) is 11.9. The van der Waals surface area contributed by atoms with Crippen molar-refractivity contribution in [3.63, 3.8) is 0 Å². The number of rotatable bonds is 5. The quantitative estimate of drug-likeness (QED) is 0.852. The number of aromatic nitrogens is 4. The minimum Gasteiger partial charge on any atom is -0.308 e. The van der Waals surface area contributed by atoms with Gasteiger partial charge in [0, 0.05) is 12.6 Å². The lowest BCUT2D eigenvalue weighted by Gasteiger charge is -2.27. The largest absolute Gasteiger partial charge is 0.308 e. The number of hydrogen-bond acceptors (Lipinski definition) is 4. The molecule has 1 atom stereocenters. The van der Waals surface area contributed by atoms with E-state index in [-0.39, 0.29) is 5.41 Å². The fourth-order valence-electron chi connectivity index (χ4n) is 1.32. The Morgan fingerprint density at radius 2 is 1.88 bits per heavy atom. The van der Waals surface area contributed by atoms with E-state index < -0.39 is 0 Å². The fraction of sp³-hybridized carbons (Fsp3) is 0.917. The minimum atomic E-state index is 0.273. The van der Waals surface area contributed by atoms with Crippen LogP contribution in [-0.2, 0) is 13.1 Å². The molecule has 5 nitrogen and oxygen atoms in total. The number of tetrazole rings is 1. The third-order valence-electron chi connectivity index (χ3n) is 3.20. The van der Waals surface area contributed by atoms with Crippen LogP contribution < -0.4 is 5.32 Å². The summed E-state index contributed by atoms with van der Waals surface area (Å²) in [4.78, 5) is 0. The lowest BCUT2D eigenvalue weighted by molar-refractivity contribution is 0.221. The van der Waals surface area contributed by atoms with Gasteiger partial charge in [0.2, 0.25) is 0 Å². The van der Waals surface area contributed by atoms with E-state index in [1.165, 1.54) is 0 Å². The monoisotopic (exact) mass is 239 g/mol. The maximum atomic E-state index is 4.06. The summed E-state index contributed by atoms with van der Waals surface area (Å²) in [7, 11) is 0. The van der Waals surface area contributed by atoms with Gasteiger partial charge in [-0.2, -0.15) is 0 Å². The summed E-state index contributed by atoms with van der Waals surface area (Å²) in [6.45, 7) is 14.8. The zero-order chi connectivity index (χ0) is 13.1. The Kier molecular flexibility index (Phi) is 4.62. The molecule has 0 aliphatic heterocycles. The van der Waals surface area contributed by atoms with Gasteiger partial charge in [-0.1, -0.05) is 41.5 Å². The molecule has 0 saturated carbocycles. The van der Waals surface area contributed by atoms with Crippen molar-refractivity contribution in [1.29, 1.82) is 0 Å². The predicted molar refractivity (Wildman–Crippen MR) is 68.4 cm³/mol. The first-order valence-electron chi connectivity index (χ1n) is 6.29. The molecule has 1 heterocycles. The number of nitrogens with one attached hydrogen (secondary N) is 1. The maximum Gasteiger partial charge on any atom is 0.165 e. The van der Waals surface area contributed by atoms with Crippen LogP contribution in [0.25, 0.3) is 0 Å². The molecule has 0 radical (unpaired) electrons. The SMILES string of the molecule is CC(C)NCc1nnnn1CC(C)C(C)(C)C. The molecule has 1 N–H and O–H groups in total. The predicted octanol–water partition coefficient (Wildman–Crippen LogP) is 1.85. The van der Waals surface area contributed by atoms with Crippen molar-refractivity contribution in [3.05, 3.63) is 5.82 Å². The second-order valence-electron chi connectivity index (χ2n) is 6.08. The van der Waals surface area contributed by atoms with E-state index >= 15 is 0 Å². The molecule has 1 aromatic rings. The van der Waals surface area contributed by atoms with Gasteiger partial charge >= 0.3 is 0 Å². The van der Waals surface area contributed by atoms with Gasteiger partial charge < -0.3 is 5.32 Å². The first-order chi connectivity index (χ1) is 7.80. The van der Waals surface area contributed by atoms with Crippen molar-refractivity contribution in [2.24, 2.45) is 11.3 Å². The first-order valence-corrected chi connectivity index (χ1v) is 6.29. The van der Waals surface area contributed by atoms with Crippen LogP contribution in [0.3, 0.4) is 0 Å². The van der Waals surface area contributed by atoms with Crippen molar-refractivity contribution in [2.75, 3.05) is 0 Å². The van der Waals surface area contributed by atoms with Crippen molar-refractivity contribution >= 4 is 0 Å². The second-order valence-corrected chi connectivity index (χ2v) is 6.08. The van der Waals surface area contributed by atoms with Gasteiger partial charge in [-0.15, -0.1) is 5.10 Å². The summed E-state index contributed by atoms with van der Waals surface area (Å²) in [6.07, 6.45) is 0. The molecule has 1 unspecified atom stereocenters. The van der Waals surface area contributed by atoms with Gasteiger partial charge in [-0.05, 0) is 21.8 Å². The van der Waals surface area contributed by atoms with Gasteiger partial charge in [-0.25, -0.2) is 4.68 Å². The molecule has 17 heavy (non-hydrogen) atoms. The Bertz CT molecular complexity index is 337. The topological polar surface area (TPSA) is 55.6 Å². The van der Waals surface area contributed by atoms with Crippen LogP contribution in [0.2, 0.25) is 0 Å². The van der Waals surface area contributed by atoms with Crippen molar-refractivity contribution in [2.45, 2.75) is 60.7 Å². The Morgan fingerprint density at radius 1 is 1.24 bits per heavy atom. The third kappa shape index (κ3) is 4.42. The summed E-state index contributed by atoms with van der Waals surface area (Å²) in [6, 6.07) is 0.445. The van der Waals surface area contributed by atoms with Gasteiger partial charge in [0.15, 0.2) is 5.82 Å². The normalized spacial score (nSPS) is 14.3. The summed E-state index contributed by atoms with van der Waals surface area (Å²) in [5.41, 5.74) is 0.273. The van der Waals surface area contributed by atoms with Crippen LogP contribution in [0.15, 0.2) is 0 Å². The molecule has 0 spiro atoms. The van der Waals surface area contributed by atoms with Crippen LogP contribution in [-0.4, -0.2) is 26.2 Å². The number of hydrogen-bond donors (Lipinski definition) is 1. The molecular formula is C12H25N5. The third-order valence-corrected chi connectivity index (χ3v) is 3.20. The smallest absolute Gasteiger partial charge is 0.165 e. The van der Waals surface area contributed by atoms with Gasteiger partial charge in [-0.3, -0.25) is 0 Å². The van der Waals surface area contributed by atoms with Gasteiger partial charge in [0.05, 0.1) is 6.54 Å². The maximum absolute atomic E-state index is 4.06. The summed E-state index contributed by atoms with van der Waals surface area (Å²) in [5.74, 6) is 1.44. The van der Waals surface area contributed by atoms with Crippen LogP contribution in [0.1, 0.15) is 47.4 Å². The van der Waals surface area contributed by atoms with E-state index in [4.69, 9.17) is 0 Å². The Hall–Kier alpha value is -0.970. The molecule has 1 rings (SSSR count). The number of nitrogens with zero attached hydrogens (tertiary/aromatic N) is 4. The molecule has 0 aliphatic carbocycles. The average Bonchev–Trinajstić information content (AvgIpc) is 2.60. The lowest BCUT2D eigenvalue weighted by Crippen LogP contribution is -2.27. The van der Waals surface area contributed by atoms with Gasteiger partial charge in [0.25, 0.3) is 0 Å². The molecule has 0 saturated heterocycles. The first kappa shape index (κ1) is 14.1. The Labute approximate surface area is 104 Å². The zero-order valence-corrected chi connectivity index (χ0v) is 11.9. The minimum absolute atomic E-state index is 0.273. The summed E-state index contributed by atoms with van der Waals surface area (Å²) >= 11 is 0. The van der Waals surface area contributed by atoms with E-state index in [0.29, 0.717) is 12.0 Å². The van der Waals surface area contributed by atoms with E-state index in [1.54, 1.807) is 0 Å². The highest BCUT2D eigenvalue weighted by atomic mass is 15.5. The molecule has 0 amide bonds. The van der Waals surface area contributed by atoms with Crippen LogP contribution in [0.4, 0.5) is 0 Å². The van der Waals surface area contributed by atoms with E-state index in [2.05, 4.69) is 62.4 Å². The van der Waals surface area contributed by atoms with E-state index in [1.807, 2.05) is 4.68 Å². The molecule has 0 aliphatic rings. The van der Waals surface area contributed by atoms with Crippen molar-refractivity contribution in [1.82, 2.24) is 25.5 Å². The highest BCUT2D eigenvalue weighted by Gasteiger charge is 2.22. The Balaban J connectivity index is 2.63. The van der Waals surface area contributed by atoms with E-state index in [9.17, 15) is 0 Å². The molecule has 1 aromatic heterocycles. The van der Waals surface area contributed by atoms with E-state index in [0.717, 1.165) is 18.9 Å². The summed E-state index contributed by atoms with van der Waals surface area (Å²) in [5, 5.41) is 15.2. The highest BCUT2D eigenvalue weighted by molar-refractivity contribution is 4.82. The van der Waals surface area contributed by atoms with Crippen molar-refractivity contribution in [3.8, 4) is 0 Å². The van der Waals surface area contributed by atoms with Crippen LogP contribution in [0.5, 0.6) is 0 Å². The second kappa shape index (κ2) is 5.58. The fourth-order valence-corrected chi connectivity index (χ4v) is 1.32. The summed E-state index contributed by atoms with van der Waals surface area (Å²) < 4.78 is 1.91. The molecule has 98 valence electrons.